The van der Waals surface area contributed by atoms with Crippen LogP contribution in [0.15, 0.2) is 95.4 Å². The summed E-state index contributed by atoms with van der Waals surface area (Å²) in [7, 11) is 0. The van der Waals surface area contributed by atoms with Gasteiger partial charge in [0.15, 0.2) is 5.16 Å². The number of aryl methyl sites for hydroxylation is 2. The monoisotopic (exact) mass is 566 g/mol. The van der Waals surface area contributed by atoms with Crippen molar-refractivity contribution >= 4 is 28.8 Å². The molecule has 0 spiro atoms. The zero-order valence-corrected chi connectivity index (χ0v) is 24.4. The molecule has 0 aliphatic rings. The van der Waals surface area contributed by atoms with Crippen molar-refractivity contribution in [3.8, 4) is 20.9 Å². The Morgan fingerprint density at radius 2 is 1.57 bits per heavy atom. The molecule has 0 amide bonds. The molecule has 202 valence electrons. The van der Waals surface area contributed by atoms with Crippen LogP contribution in [0, 0.1) is 13.8 Å². The van der Waals surface area contributed by atoms with E-state index >= 15 is 0 Å². The lowest BCUT2D eigenvalue weighted by molar-refractivity contribution is 0.0786. The number of hydrogen-bond acceptors (Lipinski definition) is 8. The van der Waals surface area contributed by atoms with Crippen molar-refractivity contribution in [2.24, 2.45) is 5.16 Å². The molecule has 6 nitrogen and oxygen atoms in total. The maximum atomic E-state index is 10.4. The van der Waals surface area contributed by atoms with Crippen molar-refractivity contribution in [2.45, 2.75) is 44.2 Å². The predicted octanol–water partition coefficient (Wildman–Crippen LogP) is 7.63. The minimum Gasteiger partial charge on any atom is -0.410 e. The number of rotatable bonds is 8. The molecule has 0 unspecified atom stereocenters. The van der Waals surface area contributed by atoms with Crippen molar-refractivity contribution in [1.29, 1.82) is 0 Å². The van der Waals surface area contributed by atoms with E-state index < -0.39 is 5.60 Å². The molecule has 5 aromatic rings. The second-order valence-corrected chi connectivity index (χ2v) is 12.1. The lowest BCUT2D eigenvalue weighted by Gasteiger charge is -2.17. The van der Waals surface area contributed by atoms with Crippen LogP contribution in [-0.2, 0) is 11.4 Å². The van der Waals surface area contributed by atoms with E-state index in [0.717, 1.165) is 49.4 Å². The van der Waals surface area contributed by atoms with E-state index in [0.29, 0.717) is 11.4 Å². The SMILES string of the molecule is Cc1cc(C)nc(SCc2cc(-c3ccc(/C(=N/O)c4ccccn4)cc3)sc2-c2ccc(C(C)(C)O)cc2)n1. The molecule has 2 aromatic carbocycles. The van der Waals surface area contributed by atoms with Gasteiger partial charge in [0, 0.05) is 38.7 Å². The van der Waals surface area contributed by atoms with Crippen molar-refractivity contribution < 1.29 is 10.3 Å². The predicted molar refractivity (Wildman–Crippen MR) is 163 cm³/mol. The molecule has 0 aliphatic heterocycles. The molecule has 3 heterocycles. The number of aliphatic hydroxyl groups is 1. The van der Waals surface area contributed by atoms with E-state index in [4.69, 9.17) is 0 Å². The van der Waals surface area contributed by atoms with Crippen LogP contribution >= 0.6 is 23.1 Å². The smallest absolute Gasteiger partial charge is 0.188 e. The normalized spacial score (nSPS) is 12.1. The minimum absolute atomic E-state index is 0.427. The number of aromatic nitrogens is 3. The van der Waals surface area contributed by atoms with Gasteiger partial charge in [0.05, 0.1) is 11.3 Å². The zero-order valence-electron chi connectivity index (χ0n) is 22.8. The molecule has 2 N–H and O–H groups in total. The number of benzene rings is 2. The van der Waals surface area contributed by atoms with E-state index in [9.17, 15) is 10.3 Å². The highest BCUT2D eigenvalue weighted by Gasteiger charge is 2.18. The Morgan fingerprint density at radius 1 is 0.900 bits per heavy atom. The van der Waals surface area contributed by atoms with Gasteiger partial charge in [-0.1, -0.05) is 71.5 Å². The van der Waals surface area contributed by atoms with Gasteiger partial charge in [0.25, 0.3) is 0 Å². The lowest BCUT2D eigenvalue weighted by atomic mass is 9.96. The fourth-order valence-corrected chi connectivity index (χ4v) is 6.62. The molecule has 0 saturated carbocycles. The van der Waals surface area contributed by atoms with Gasteiger partial charge >= 0.3 is 0 Å². The average molecular weight is 567 g/mol. The van der Waals surface area contributed by atoms with E-state index in [1.54, 1.807) is 43.1 Å². The van der Waals surface area contributed by atoms with E-state index in [1.807, 2.05) is 74.5 Å². The number of thioether (sulfide) groups is 1. The highest BCUT2D eigenvalue weighted by molar-refractivity contribution is 7.98. The summed E-state index contributed by atoms with van der Waals surface area (Å²) in [6, 6.07) is 25.8. The molecule has 0 radical (unpaired) electrons. The van der Waals surface area contributed by atoms with E-state index in [1.165, 1.54) is 10.4 Å². The Labute approximate surface area is 242 Å². The Kier molecular flexibility index (Phi) is 8.12. The topological polar surface area (TPSA) is 91.5 Å². The van der Waals surface area contributed by atoms with E-state index in [2.05, 4.69) is 38.3 Å². The standard InChI is InChI=1S/C32H30N4O2S2/c1-20-17-21(2)35-31(34-20)39-19-25-18-28(40-30(25)24-12-14-26(15-13-24)32(3,4)37)22-8-10-23(11-9-22)29(36-38)27-7-5-6-16-33-27/h5-18,37-38H,19H2,1-4H3/b36-29-. The van der Waals surface area contributed by atoms with Gasteiger partial charge in [-0.15, -0.1) is 11.3 Å². The van der Waals surface area contributed by atoms with Crippen LogP contribution in [0.1, 0.15) is 47.6 Å². The molecule has 0 fully saturated rings. The maximum Gasteiger partial charge on any atom is 0.188 e. The van der Waals surface area contributed by atoms with Gasteiger partial charge < -0.3 is 10.3 Å². The van der Waals surface area contributed by atoms with Crippen molar-refractivity contribution in [3.63, 3.8) is 0 Å². The van der Waals surface area contributed by atoms with Crippen molar-refractivity contribution in [1.82, 2.24) is 15.0 Å². The summed E-state index contributed by atoms with van der Waals surface area (Å²) in [6.07, 6.45) is 1.68. The fraction of sp³-hybridized carbons (Fsp3) is 0.188. The van der Waals surface area contributed by atoms with Gasteiger partial charge in [-0.25, -0.2) is 9.97 Å². The molecule has 0 aliphatic carbocycles. The zero-order chi connectivity index (χ0) is 28.3. The molecular formula is C32H30N4O2S2. The van der Waals surface area contributed by atoms with Crippen LogP contribution < -0.4 is 0 Å². The number of oxime groups is 1. The summed E-state index contributed by atoms with van der Waals surface area (Å²) in [5.41, 5.74) is 7.08. The number of pyridine rings is 1. The molecule has 0 atom stereocenters. The Bertz CT molecular complexity index is 1620. The summed E-state index contributed by atoms with van der Waals surface area (Å²) < 4.78 is 0. The van der Waals surface area contributed by atoms with E-state index in [-0.39, 0.29) is 0 Å². The largest absolute Gasteiger partial charge is 0.410 e. The summed E-state index contributed by atoms with van der Waals surface area (Å²) in [4.78, 5) is 15.8. The quantitative estimate of drug-likeness (QED) is 0.0660. The van der Waals surface area contributed by atoms with Gasteiger partial charge in [0.2, 0.25) is 0 Å². The first-order valence-corrected chi connectivity index (χ1v) is 14.7. The fourth-order valence-electron chi connectivity index (χ4n) is 4.40. The molecule has 0 saturated heterocycles. The van der Waals surface area contributed by atoms with Gasteiger partial charge in [0.1, 0.15) is 5.71 Å². The Balaban J connectivity index is 1.48. The highest BCUT2D eigenvalue weighted by atomic mass is 32.2. The third-order valence-electron chi connectivity index (χ3n) is 6.43. The second-order valence-electron chi connectivity index (χ2n) is 10.1. The number of nitrogens with zero attached hydrogens (tertiary/aromatic N) is 4. The number of hydrogen-bond donors (Lipinski definition) is 2. The molecule has 0 bridgehead atoms. The molecule has 40 heavy (non-hydrogen) atoms. The van der Waals surface area contributed by atoms with Gasteiger partial charge in [-0.2, -0.15) is 0 Å². The number of thiophene rings is 1. The molecular weight excluding hydrogens is 537 g/mol. The highest BCUT2D eigenvalue weighted by Crippen LogP contribution is 2.41. The second kappa shape index (κ2) is 11.7. The first-order chi connectivity index (χ1) is 19.2. The average Bonchev–Trinajstić information content (AvgIpc) is 3.37. The summed E-state index contributed by atoms with van der Waals surface area (Å²) >= 11 is 3.36. The molecule has 8 heteroatoms. The molecule has 3 aromatic heterocycles. The Hall–Kier alpha value is -3.85. The van der Waals surface area contributed by atoms with Crippen LogP contribution in [0.4, 0.5) is 0 Å². The third-order valence-corrected chi connectivity index (χ3v) is 8.60. The summed E-state index contributed by atoms with van der Waals surface area (Å²) in [5, 5.41) is 24.4. The van der Waals surface area contributed by atoms with Crippen molar-refractivity contribution in [2.75, 3.05) is 0 Å². The van der Waals surface area contributed by atoms with Crippen LogP contribution in [0.5, 0.6) is 0 Å². The van der Waals surface area contributed by atoms with Crippen LogP contribution in [0.25, 0.3) is 20.9 Å². The minimum atomic E-state index is -0.897. The molecule has 5 rings (SSSR count). The Morgan fingerprint density at radius 3 is 2.17 bits per heavy atom. The van der Waals surface area contributed by atoms with Crippen LogP contribution in [-0.4, -0.2) is 31.0 Å². The maximum absolute atomic E-state index is 10.4. The van der Waals surface area contributed by atoms with Crippen LogP contribution in [0.3, 0.4) is 0 Å². The summed E-state index contributed by atoms with van der Waals surface area (Å²) in [5.74, 6) is 0.723. The van der Waals surface area contributed by atoms with Gasteiger partial charge in [-0.3, -0.25) is 4.98 Å². The van der Waals surface area contributed by atoms with Gasteiger partial charge in [-0.05, 0) is 74.2 Å². The first-order valence-electron chi connectivity index (χ1n) is 12.9. The van der Waals surface area contributed by atoms with Crippen molar-refractivity contribution in [3.05, 3.63) is 119 Å². The lowest BCUT2D eigenvalue weighted by Crippen LogP contribution is -2.14. The third kappa shape index (κ3) is 6.31. The first kappa shape index (κ1) is 27.7. The summed E-state index contributed by atoms with van der Waals surface area (Å²) in [6.45, 7) is 7.56. The van der Waals surface area contributed by atoms with Crippen LogP contribution in [0.2, 0.25) is 0 Å².